The summed E-state index contributed by atoms with van der Waals surface area (Å²) in [6.07, 6.45) is 8.86. The minimum Gasteiger partial charge on any atom is -0.336 e. The van der Waals surface area contributed by atoms with Crippen LogP contribution in [0.4, 0.5) is 5.69 Å². The fourth-order valence-corrected chi connectivity index (χ4v) is 6.34. The molecular formula is C30H37N5O3S. The van der Waals surface area contributed by atoms with Crippen LogP contribution >= 0.6 is 12.2 Å². The van der Waals surface area contributed by atoms with Gasteiger partial charge >= 0.3 is 0 Å². The van der Waals surface area contributed by atoms with E-state index in [4.69, 9.17) is 12.2 Å². The van der Waals surface area contributed by atoms with Crippen molar-refractivity contribution in [2.75, 3.05) is 44.2 Å². The first-order valence-electron chi connectivity index (χ1n) is 14.0. The predicted octanol–water partition coefficient (Wildman–Crippen LogP) is 3.94. The number of anilines is 1. The average molecular weight is 548 g/mol. The van der Waals surface area contributed by atoms with Crippen molar-refractivity contribution in [2.45, 2.75) is 57.9 Å². The number of benzene rings is 1. The number of nitrogens with zero attached hydrogens (tertiary/aromatic N) is 5. The van der Waals surface area contributed by atoms with Crippen molar-refractivity contribution < 1.29 is 14.4 Å². The summed E-state index contributed by atoms with van der Waals surface area (Å²) >= 11 is 5.79. The van der Waals surface area contributed by atoms with Crippen LogP contribution in [-0.4, -0.2) is 87.2 Å². The van der Waals surface area contributed by atoms with Crippen molar-refractivity contribution in [1.82, 2.24) is 19.7 Å². The fourth-order valence-electron chi connectivity index (χ4n) is 5.83. The van der Waals surface area contributed by atoms with E-state index in [1.54, 1.807) is 29.4 Å². The molecule has 2 aromatic rings. The number of unbranched alkanes of at least 4 members (excludes halogenated alkanes) is 3. The molecule has 0 saturated carbocycles. The van der Waals surface area contributed by atoms with Crippen molar-refractivity contribution in [3.63, 3.8) is 0 Å². The van der Waals surface area contributed by atoms with Gasteiger partial charge in [0.25, 0.3) is 11.8 Å². The number of hydrogen-bond acceptors (Lipinski definition) is 6. The normalized spacial score (nSPS) is 19.2. The number of carbonyl (C=O) groups is 3. The van der Waals surface area contributed by atoms with E-state index in [0.29, 0.717) is 17.1 Å². The zero-order valence-electron chi connectivity index (χ0n) is 22.9. The molecule has 3 aliphatic rings. The van der Waals surface area contributed by atoms with E-state index >= 15 is 0 Å². The molecule has 5 rings (SSSR count). The number of rotatable bonds is 9. The molecular weight excluding hydrogens is 510 g/mol. The lowest BCUT2D eigenvalue weighted by Crippen LogP contribution is -2.48. The first-order valence-corrected chi connectivity index (χ1v) is 14.4. The van der Waals surface area contributed by atoms with Crippen LogP contribution in [0.2, 0.25) is 0 Å². The second-order valence-electron chi connectivity index (χ2n) is 11.2. The van der Waals surface area contributed by atoms with E-state index in [9.17, 15) is 14.4 Å². The first kappa shape index (κ1) is 27.4. The Morgan fingerprint density at radius 1 is 0.923 bits per heavy atom. The number of piperazine rings is 1. The van der Waals surface area contributed by atoms with E-state index in [0.717, 1.165) is 88.2 Å². The van der Waals surface area contributed by atoms with Crippen LogP contribution in [0.1, 0.15) is 72.2 Å². The Kier molecular flexibility index (Phi) is 8.09. The lowest BCUT2D eigenvalue weighted by Gasteiger charge is -2.34. The highest BCUT2D eigenvalue weighted by atomic mass is 32.1. The van der Waals surface area contributed by atoms with Gasteiger partial charge < -0.3 is 9.80 Å². The SMILES string of the molecule is CC1(C)C(=O)N(c2ccc3c(c2)CCC3=O)C(=S)N1CCCCCCN1CCN(C(=O)c2ccncc2)CC1. The lowest BCUT2D eigenvalue weighted by atomic mass is 10.0. The van der Waals surface area contributed by atoms with Crippen LogP contribution < -0.4 is 4.90 Å². The maximum Gasteiger partial charge on any atom is 0.258 e. The third kappa shape index (κ3) is 5.61. The maximum atomic E-state index is 13.4. The van der Waals surface area contributed by atoms with Gasteiger partial charge in [-0.25, -0.2) is 0 Å². The molecule has 0 bridgehead atoms. The van der Waals surface area contributed by atoms with Gasteiger partial charge in [-0.1, -0.05) is 12.8 Å². The number of carbonyl (C=O) groups excluding carboxylic acids is 3. The van der Waals surface area contributed by atoms with Crippen molar-refractivity contribution in [3.8, 4) is 0 Å². The predicted molar refractivity (Wildman–Crippen MR) is 155 cm³/mol. The molecule has 2 saturated heterocycles. The van der Waals surface area contributed by atoms with E-state index < -0.39 is 5.54 Å². The zero-order chi connectivity index (χ0) is 27.6. The fraction of sp³-hybridized carbons (Fsp3) is 0.500. The third-order valence-corrected chi connectivity index (χ3v) is 8.69. The smallest absolute Gasteiger partial charge is 0.258 e. The molecule has 0 unspecified atom stereocenters. The summed E-state index contributed by atoms with van der Waals surface area (Å²) in [7, 11) is 0. The quantitative estimate of drug-likeness (QED) is 0.348. The molecule has 1 aromatic heterocycles. The summed E-state index contributed by atoms with van der Waals surface area (Å²) in [5, 5.41) is 0.549. The molecule has 0 atom stereocenters. The Balaban J connectivity index is 1.04. The van der Waals surface area contributed by atoms with Crippen molar-refractivity contribution in [2.24, 2.45) is 0 Å². The van der Waals surface area contributed by atoms with Gasteiger partial charge in [-0.15, -0.1) is 0 Å². The Morgan fingerprint density at radius 2 is 1.62 bits per heavy atom. The van der Waals surface area contributed by atoms with Gasteiger partial charge in [-0.2, -0.15) is 0 Å². The number of amides is 2. The van der Waals surface area contributed by atoms with Crippen molar-refractivity contribution >= 4 is 40.6 Å². The molecule has 2 aliphatic heterocycles. The summed E-state index contributed by atoms with van der Waals surface area (Å²) in [5.41, 5.74) is 2.54. The molecule has 0 radical (unpaired) electrons. The van der Waals surface area contributed by atoms with Gasteiger partial charge in [0.1, 0.15) is 5.54 Å². The molecule has 1 aromatic carbocycles. The summed E-state index contributed by atoms with van der Waals surface area (Å²) in [6, 6.07) is 9.19. The van der Waals surface area contributed by atoms with Gasteiger partial charge in [0, 0.05) is 62.7 Å². The highest BCUT2D eigenvalue weighted by molar-refractivity contribution is 7.80. The topological polar surface area (TPSA) is 77.1 Å². The third-order valence-electron chi connectivity index (χ3n) is 8.29. The van der Waals surface area contributed by atoms with Gasteiger partial charge in [0.2, 0.25) is 0 Å². The van der Waals surface area contributed by atoms with Gasteiger partial charge in [0.15, 0.2) is 10.9 Å². The molecule has 39 heavy (non-hydrogen) atoms. The van der Waals surface area contributed by atoms with E-state index in [2.05, 4.69) is 14.8 Å². The number of hydrogen-bond donors (Lipinski definition) is 0. The Hall–Kier alpha value is -3.17. The van der Waals surface area contributed by atoms with E-state index in [1.165, 1.54) is 0 Å². The van der Waals surface area contributed by atoms with Crippen molar-refractivity contribution in [3.05, 3.63) is 59.4 Å². The first-order chi connectivity index (χ1) is 18.8. The maximum absolute atomic E-state index is 13.4. The Bertz CT molecular complexity index is 1260. The number of fused-ring (bicyclic) bond motifs is 1. The molecule has 0 spiro atoms. The van der Waals surface area contributed by atoms with E-state index in [-0.39, 0.29) is 17.6 Å². The molecule has 8 nitrogen and oxygen atoms in total. The number of Topliss-reactive ketones (excluding diaryl/α,β-unsaturated/α-hetero) is 1. The summed E-state index contributed by atoms with van der Waals surface area (Å²) < 4.78 is 0. The summed E-state index contributed by atoms with van der Waals surface area (Å²) in [5.74, 6) is 0.244. The number of aryl methyl sites for hydroxylation is 1. The number of thiocarbonyl (C=S) groups is 1. The number of aromatic nitrogens is 1. The summed E-state index contributed by atoms with van der Waals surface area (Å²) in [4.78, 5) is 50.1. The Labute approximate surface area is 236 Å². The van der Waals surface area contributed by atoms with Gasteiger partial charge in [-0.05, 0) is 87.8 Å². The monoisotopic (exact) mass is 547 g/mol. The minimum atomic E-state index is -0.695. The zero-order valence-corrected chi connectivity index (χ0v) is 23.7. The van der Waals surface area contributed by atoms with Gasteiger partial charge in [0.05, 0.1) is 5.69 Å². The molecule has 2 amide bonds. The van der Waals surface area contributed by atoms with Crippen LogP contribution in [0.3, 0.4) is 0 Å². The highest BCUT2D eigenvalue weighted by Gasteiger charge is 2.49. The average Bonchev–Trinajstić information content (AvgIpc) is 3.39. The van der Waals surface area contributed by atoms with E-state index in [1.807, 2.05) is 36.9 Å². The second-order valence-corrected chi connectivity index (χ2v) is 11.5. The second kappa shape index (κ2) is 11.5. The minimum absolute atomic E-state index is 0.0154. The van der Waals surface area contributed by atoms with Crippen LogP contribution in [0.15, 0.2) is 42.7 Å². The summed E-state index contributed by atoms with van der Waals surface area (Å²) in [6.45, 7) is 8.99. The highest BCUT2D eigenvalue weighted by Crippen LogP contribution is 2.35. The van der Waals surface area contributed by atoms with Crippen LogP contribution in [-0.2, 0) is 11.2 Å². The number of pyridine rings is 1. The Morgan fingerprint density at radius 3 is 2.33 bits per heavy atom. The van der Waals surface area contributed by atoms with Crippen LogP contribution in [0.25, 0.3) is 0 Å². The molecule has 2 fully saturated rings. The van der Waals surface area contributed by atoms with Gasteiger partial charge in [-0.3, -0.25) is 29.2 Å². The molecule has 9 heteroatoms. The van der Waals surface area contributed by atoms with Crippen LogP contribution in [0, 0.1) is 0 Å². The lowest BCUT2D eigenvalue weighted by molar-refractivity contribution is -0.123. The molecule has 3 heterocycles. The van der Waals surface area contributed by atoms with Crippen molar-refractivity contribution in [1.29, 1.82) is 0 Å². The molecule has 206 valence electrons. The standard InChI is InChI=1S/C30H37N5O3S/c1-30(2)28(38)35(24-8-9-25-23(21-24)7-10-26(25)36)29(39)34(30)16-6-4-3-5-15-32-17-19-33(20-18-32)27(37)22-11-13-31-14-12-22/h8-9,11-14,21H,3-7,10,15-20H2,1-2H3. The molecule has 1 aliphatic carbocycles. The van der Waals surface area contributed by atoms with Crippen LogP contribution in [0.5, 0.6) is 0 Å². The number of ketones is 1. The molecule has 0 N–H and O–H groups in total. The largest absolute Gasteiger partial charge is 0.336 e.